The maximum absolute atomic E-state index is 12.3. The van der Waals surface area contributed by atoms with Gasteiger partial charge in [0.2, 0.25) is 0 Å². The molecule has 2 amide bonds. The number of esters is 1. The number of hydrogen-bond acceptors (Lipinski definition) is 9. The van der Waals surface area contributed by atoms with E-state index in [1.807, 2.05) is 79.7 Å². The van der Waals surface area contributed by atoms with Crippen LogP contribution in [0.25, 0.3) is 11.1 Å². The quantitative estimate of drug-likeness (QED) is 0.0990. The average molecular weight is 686 g/mol. The van der Waals surface area contributed by atoms with Crippen LogP contribution in [0.1, 0.15) is 58.9 Å². The lowest BCUT2D eigenvalue weighted by atomic mass is 9.91. The van der Waals surface area contributed by atoms with Crippen LogP contribution in [-0.4, -0.2) is 58.2 Å². The Bertz CT molecular complexity index is 1730. The molecule has 256 valence electrons. The van der Waals surface area contributed by atoms with E-state index in [1.165, 1.54) is 17.8 Å². The van der Waals surface area contributed by atoms with Crippen molar-refractivity contribution in [3.8, 4) is 11.1 Å². The van der Waals surface area contributed by atoms with Gasteiger partial charge in [-0.15, -0.1) is 11.8 Å². The summed E-state index contributed by atoms with van der Waals surface area (Å²) in [6.45, 7) is 3.97. The summed E-state index contributed by atoms with van der Waals surface area (Å²) in [5, 5.41) is 24.9. The van der Waals surface area contributed by atoms with Gasteiger partial charge < -0.3 is 35.1 Å². The first kappa shape index (κ1) is 35.6. The van der Waals surface area contributed by atoms with Crippen molar-refractivity contribution in [3.05, 3.63) is 119 Å². The summed E-state index contributed by atoms with van der Waals surface area (Å²) < 4.78 is 18.0. The second-order valence-corrected chi connectivity index (χ2v) is 12.4. The van der Waals surface area contributed by atoms with Crippen LogP contribution in [0.2, 0.25) is 0 Å². The molecular formula is C37H39N3O8S. The highest BCUT2D eigenvalue weighted by atomic mass is 32.2. The number of carbonyl (C=O) groups excluding carboxylic acids is 2. The molecule has 2 heterocycles. The number of aromatic nitrogens is 1. The Kier molecular flexibility index (Phi) is 12.4. The van der Waals surface area contributed by atoms with Gasteiger partial charge in [-0.05, 0) is 46.9 Å². The summed E-state index contributed by atoms with van der Waals surface area (Å²) in [6.07, 6.45) is 0.229. The number of amides is 2. The Morgan fingerprint density at radius 3 is 2.37 bits per heavy atom. The second kappa shape index (κ2) is 17.1. The van der Waals surface area contributed by atoms with Crippen LogP contribution in [0.5, 0.6) is 0 Å². The number of thioether (sulfide) groups is 1. The fourth-order valence-electron chi connectivity index (χ4n) is 5.52. The predicted molar refractivity (Wildman–Crippen MR) is 184 cm³/mol. The molecule has 0 spiro atoms. The van der Waals surface area contributed by atoms with E-state index in [9.17, 15) is 24.6 Å². The van der Waals surface area contributed by atoms with Crippen molar-refractivity contribution in [3.63, 3.8) is 0 Å². The number of ether oxygens (including phenoxy) is 3. The molecule has 1 fully saturated rings. The van der Waals surface area contributed by atoms with Gasteiger partial charge >= 0.3 is 18.0 Å². The molecule has 4 N–H and O–H groups in total. The molecule has 5 rings (SSSR count). The molecule has 0 saturated carbocycles. The Labute approximate surface area is 289 Å². The van der Waals surface area contributed by atoms with E-state index >= 15 is 0 Å². The van der Waals surface area contributed by atoms with E-state index in [4.69, 9.17) is 14.2 Å². The SMILES string of the molecule is CCOC(=O)CNC(=O)NCc1ccccc1-c1ccc(C2OC(CSc3ncccc3C(=O)O)C(C)C(c3ccc(CO)cc3)O2)cc1. The van der Waals surface area contributed by atoms with Crippen LogP contribution in [0.3, 0.4) is 0 Å². The number of aliphatic hydroxyl groups excluding tert-OH is 1. The summed E-state index contributed by atoms with van der Waals surface area (Å²) in [5.74, 6) is -1.18. The minimum absolute atomic E-state index is 0.0590. The van der Waals surface area contributed by atoms with Crippen LogP contribution in [0, 0.1) is 5.92 Å². The normalized spacial score (nSPS) is 18.8. The average Bonchev–Trinajstić information content (AvgIpc) is 3.13. The number of nitrogens with zero attached hydrogens (tertiary/aromatic N) is 1. The Hall–Kier alpha value is -4.75. The van der Waals surface area contributed by atoms with E-state index < -0.39 is 24.3 Å². The minimum atomic E-state index is -1.04. The van der Waals surface area contributed by atoms with Crippen LogP contribution in [0.15, 0.2) is 96.2 Å². The number of carboxylic acid groups (broad SMARTS) is 1. The third-order valence-electron chi connectivity index (χ3n) is 8.16. The molecule has 4 aromatic rings. The molecule has 1 saturated heterocycles. The van der Waals surface area contributed by atoms with Crippen LogP contribution in [0.4, 0.5) is 4.79 Å². The highest BCUT2D eigenvalue weighted by Crippen LogP contribution is 2.43. The highest BCUT2D eigenvalue weighted by Gasteiger charge is 2.38. The van der Waals surface area contributed by atoms with E-state index in [1.54, 1.807) is 19.2 Å². The zero-order valence-electron chi connectivity index (χ0n) is 27.2. The topological polar surface area (TPSA) is 156 Å². The van der Waals surface area contributed by atoms with Crippen molar-refractivity contribution >= 4 is 29.7 Å². The lowest BCUT2D eigenvalue weighted by Gasteiger charge is -2.41. The first-order chi connectivity index (χ1) is 23.8. The predicted octanol–water partition coefficient (Wildman–Crippen LogP) is 5.89. The molecule has 0 radical (unpaired) electrons. The van der Waals surface area contributed by atoms with Crippen LogP contribution >= 0.6 is 11.8 Å². The number of carbonyl (C=O) groups is 3. The first-order valence-electron chi connectivity index (χ1n) is 15.9. The number of urea groups is 1. The maximum Gasteiger partial charge on any atom is 0.338 e. The van der Waals surface area contributed by atoms with Crippen LogP contribution < -0.4 is 10.6 Å². The van der Waals surface area contributed by atoms with Gasteiger partial charge in [0.25, 0.3) is 0 Å². The molecule has 4 atom stereocenters. The zero-order valence-corrected chi connectivity index (χ0v) is 28.0. The van der Waals surface area contributed by atoms with Crippen molar-refractivity contribution < 1.29 is 38.8 Å². The Morgan fingerprint density at radius 2 is 1.65 bits per heavy atom. The van der Waals surface area contributed by atoms with Crippen molar-refractivity contribution in [1.29, 1.82) is 0 Å². The molecule has 1 aromatic heterocycles. The minimum Gasteiger partial charge on any atom is -0.478 e. The molecule has 0 aliphatic carbocycles. The fraction of sp³-hybridized carbons (Fsp3) is 0.297. The van der Waals surface area contributed by atoms with Gasteiger partial charge in [0, 0.05) is 30.0 Å². The Morgan fingerprint density at radius 1 is 0.918 bits per heavy atom. The van der Waals surface area contributed by atoms with Gasteiger partial charge in [-0.25, -0.2) is 14.6 Å². The molecule has 11 nitrogen and oxygen atoms in total. The summed E-state index contributed by atoms with van der Waals surface area (Å²) in [5.41, 5.74) is 5.44. The number of carboxylic acids is 1. The lowest BCUT2D eigenvalue weighted by Crippen LogP contribution is -2.38. The number of aliphatic hydroxyl groups is 1. The third-order valence-corrected chi connectivity index (χ3v) is 9.25. The smallest absolute Gasteiger partial charge is 0.338 e. The number of rotatable bonds is 13. The number of aromatic carboxylic acids is 1. The van der Waals surface area contributed by atoms with E-state index in [2.05, 4.69) is 15.6 Å². The monoisotopic (exact) mass is 685 g/mol. The number of nitrogens with one attached hydrogen (secondary N) is 2. The standard InChI is InChI=1S/C37H39N3O8S/c1-3-46-32(42)20-40-37(45)39-19-28-7-4-5-8-29(28)25-14-16-27(17-15-25)36-47-31(22-49-34-30(35(43)44)9-6-18-38-34)23(2)33(48-36)26-12-10-24(21-41)11-13-26/h4-18,23,31,33,36,41H,3,19-22H2,1-2H3,(H,43,44)(H2,39,40,45). The fourth-order valence-corrected chi connectivity index (χ4v) is 6.67. The summed E-state index contributed by atoms with van der Waals surface area (Å²) >= 11 is 1.34. The number of benzene rings is 3. The van der Waals surface area contributed by atoms with E-state index in [0.29, 0.717) is 10.8 Å². The highest BCUT2D eigenvalue weighted by molar-refractivity contribution is 7.99. The molecular weight excluding hydrogens is 646 g/mol. The van der Waals surface area contributed by atoms with Gasteiger partial charge in [0.1, 0.15) is 11.6 Å². The van der Waals surface area contributed by atoms with Gasteiger partial charge in [0.15, 0.2) is 6.29 Å². The molecule has 0 bridgehead atoms. The first-order valence-corrected chi connectivity index (χ1v) is 16.9. The van der Waals surface area contributed by atoms with Crippen LogP contribution in [-0.2, 0) is 32.2 Å². The second-order valence-electron chi connectivity index (χ2n) is 11.4. The molecule has 3 aromatic carbocycles. The lowest BCUT2D eigenvalue weighted by molar-refractivity contribution is -0.268. The largest absolute Gasteiger partial charge is 0.478 e. The van der Waals surface area contributed by atoms with Crippen molar-refractivity contribution in [1.82, 2.24) is 15.6 Å². The van der Waals surface area contributed by atoms with Gasteiger partial charge in [-0.1, -0.05) is 79.7 Å². The maximum atomic E-state index is 12.3. The van der Waals surface area contributed by atoms with Gasteiger partial charge in [-0.2, -0.15) is 0 Å². The van der Waals surface area contributed by atoms with Crippen molar-refractivity contribution in [2.45, 2.75) is 50.5 Å². The molecule has 49 heavy (non-hydrogen) atoms. The number of pyridine rings is 1. The van der Waals surface area contributed by atoms with Crippen molar-refractivity contribution in [2.24, 2.45) is 5.92 Å². The molecule has 4 unspecified atom stereocenters. The summed E-state index contributed by atoms with van der Waals surface area (Å²) in [6, 6.07) is 25.9. The summed E-state index contributed by atoms with van der Waals surface area (Å²) in [7, 11) is 0. The third kappa shape index (κ3) is 9.24. The molecule has 1 aliphatic heterocycles. The van der Waals surface area contributed by atoms with Crippen molar-refractivity contribution in [2.75, 3.05) is 18.9 Å². The number of hydrogen-bond donors (Lipinski definition) is 4. The van der Waals surface area contributed by atoms with E-state index in [0.717, 1.165) is 33.4 Å². The zero-order chi connectivity index (χ0) is 34.8. The Balaban J connectivity index is 1.33. The van der Waals surface area contributed by atoms with Gasteiger partial charge in [0.05, 0.1) is 31.0 Å². The molecule has 12 heteroatoms. The van der Waals surface area contributed by atoms with E-state index in [-0.39, 0.29) is 50.0 Å². The molecule has 1 aliphatic rings. The summed E-state index contributed by atoms with van der Waals surface area (Å²) in [4.78, 5) is 39.9. The van der Waals surface area contributed by atoms with Gasteiger partial charge in [-0.3, -0.25) is 4.79 Å².